The maximum atomic E-state index is 2.51. The van der Waals surface area contributed by atoms with Crippen molar-refractivity contribution in [3.05, 3.63) is 204 Å². The molecule has 6 aromatic carbocycles. The summed E-state index contributed by atoms with van der Waals surface area (Å²) in [5, 5.41) is 0. The molecular formula is C52H44N2. The Kier molecular flexibility index (Phi) is 7.70. The molecule has 262 valence electrons. The summed E-state index contributed by atoms with van der Waals surface area (Å²) in [6, 6.07) is 54.0. The van der Waals surface area contributed by atoms with Crippen molar-refractivity contribution in [1.82, 2.24) is 0 Å². The van der Waals surface area contributed by atoms with Crippen molar-refractivity contribution in [2.24, 2.45) is 5.92 Å². The molecule has 2 nitrogen and oxygen atoms in total. The summed E-state index contributed by atoms with van der Waals surface area (Å²) in [7, 11) is 0. The summed E-state index contributed by atoms with van der Waals surface area (Å²) in [5.74, 6) is 0.874. The van der Waals surface area contributed by atoms with Crippen LogP contribution in [0.25, 0.3) is 27.8 Å². The zero-order valence-corrected chi connectivity index (χ0v) is 31.2. The van der Waals surface area contributed by atoms with Crippen LogP contribution < -0.4 is 9.80 Å². The first-order valence-electron chi connectivity index (χ1n) is 19.4. The third-order valence-corrected chi connectivity index (χ3v) is 12.2. The van der Waals surface area contributed by atoms with E-state index in [0.717, 1.165) is 17.8 Å². The molecule has 1 heterocycles. The number of nitrogens with zero attached hydrogens (tertiary/aromatic N) is 2. The first kappa shape index (κ1) is 32.5. The quantitative estimate of drug-likeness (QED) is 0.171. The molecule has 10 rings (SSSR count). The van der Waals surface area contributed by atoms with E-state index in [-0.39, 0.29) is 11.5 Å². The lowest BCUT2D eigenvalue weighted by Crippen LogP contribution is -2.28. The van der Waals surface area contributed by atoms with E-state index in [1.165, 1.54) is 67.2 Å². The highest BCUT2D eigenvalue weighted by Gasteiger charge is 2.39. The Morgan fingerprint density at radius 3 is 2.00 bits per heavy atom. The van der Waals surface area contributed by atoms with Gasteiger partial charge < -0.3 is 9.80 Å². The highest BCUT2D eigenvalue weighted by atomic mass is 15.2. The topological polar surface area (TPSA) is 6.48 Å². The minimum absolute atomic E-state index is 0.0272. The van der Waals surface area contributed by atoms with Crippen molar-refractivity contribution in [3.8, 4) is 22.3 Å². The number of anilines is 5. The van der Waals surface area contributed by atoms with Crippen LogP contribution in [-0.4, -0.2) is 6.04 Å². The van der Waals surface area contributed by atoms with Crippen LogP contribution in [0.4, 0.5) is 28.4 Å². The Hall–Kier alpha value is -6.12. The monoisotopic (exact) mass is 696 g/mol. The first-order valence-corrected chi connectivity index (χ1v) is 19.4. The Morgan fingerprint density at radius 2 is 1.22 bits per heavy atom. The van der Waals surface area contributed by atoms with Gasteiger partial charge in [-0.15, -0.1) is 0 Å². The Labute approximate surface area is 319 Å². The van der Waals surface area contributed by atoms with Gasteiger partial charge in [-0.25, -0.2) is 0 Å². The van der Waals surface area contributed by atoms with Gasteiger partial charge in [0, 0.05) is 39.8 Å². The second-order valence-electron chi connectivity index (χ2n) is 15.8. The summed E-state index contributed by atoms with van der Waals surface area (Å²) >= 11 is 0. The standard InChI is InChI=1S/C52H44N2/c1-35-18-30-48-46(32-35)44-29-28-43(34-49(44)52(48,2)3)53(40-14-8-5-9-15-40)41-24-21-38(22-25-41)39-23-31-51-47(33-39)45-16-10-11-17-50(45)54(51)42-26-19-37(20-27-42)36-12-6-4-7-13-36/h4-31,33-35,45,50H,32H2,1-3H3/t35-,45?,50?/m1/s1. The molecule has 0 radical (unpaired) electrons. The van der Waals surface area contributed by atoms with Crippen molar-refractivity contribution in [1.29, 1.82) is 0 Å². The van der Waals surface area contributed by atoms with Crippen molar-refractivity contribution >= 4 is 34.0 Å². The number of benzene rings is 6. The molecule has 6 aromatic rings. The van der Waals surface area contributed by atoms with Crippen LogP contribution in [0.3, 0.4) is 0 Å². The maximum absolute atomic E-state index is 2.51. The summed E-state index contributed by atoms with van der Waals surface area (Å²) < 4.78 is 0. The zero-order valence-electron chi connectivity index (χ0n) is 31.2. The number of allylic oxidation sites excluding steroid dienone is 6. The minimum atomic E-state index is -0.0272. The van der Waals surface area contributed by atoms with Crippen LogP contribution in [0.5, 0.6) is 0 Å². The van der Waals surface area contributed by atoms with Crippen LogP contribution in [0.1, 0.15) is 49.8 Å². The van der Waals surface area contributed by atoms with Gasteiger partial charge in [-0.05, 0) is 123 Å². The fourth-order valence-corrected chi connectivity index (χ4v) is 9.39. The number of hydrogen-bond donors (Lipinski definition) is 0. The molecule has 3 atom stereocenters. The van der Waals surface area contributed by atoms with Gasteiger partial charge in [0.25, 0.3) is 0 Å². The molecule has 0 fully saturated rings. The Bertz CT molecular complexity index is 2500. The largest absolute Gasteiger partial charge is 0.333 e. The lowest BCUT2D eigenvalue weighted by Gasteiger charge is -2.29. The summed E-state index contributed by atoms with van der Waals surface area (Å²) in [6.07, 6.45) is 15.0. The van der Waals surface area contributed by atoms with E-state index in [9.17, 15) is 0 Å². The van der Waals surface area contributed by atoms with Gasteiger partial charge in [0.2, 0.25) is 0 Å². The van der Waals surface area contributed by atoms with Crippen LogP contribution in [0.15, 0.2) is 188 Å². The van der Waals surface area contributed by atoms with Crippen molar-refractivity contribution in [3.63, 3.8) is 0 Å². The summed E-state index contributed by atoms with van der Waals surface area (Å²) in [4.78, 5) is 4.92. The van der Waals surface area contributed by atoms with Crippen molar-refractivity contribution in [2.75, 3.05) is 9.80 Å². The van der Waals surface area contributed by atoms with Crippen LogP contribution in [-0.2, 0) is 5.41 Å². The van der Waals surface area contributed by atoms with Gasteiger partial charge in [-0.2, -0.15) is 0 Å². The molecule has 1 aliphatic heterocycles. The Balaban J connectivity index is 0.983. The molecular weight excluding hydrogens is 653 g/mol. The summed E-state index contributed by atoms with van der Waals surface area (Å²) in [6.45, 7) is 7.10. The lowest BCUT2D eigenvalue weighted by atomic mass is 9.79. The van der Waals surface area contributed by atoms with E-state index in [4.69, 9.17) is 0 Å². The van der Waals surface area contributed by atoms with Gasteiger partial charge in [0.05, 0.1) is 6.04 Å². The predicted octanol–water partition coefficient (Wildman–Crippen LogP) is 13.9. The Morgan fingerprint density at radius 1 is 0.593 bits per heavy atom. The number of rotatable bonds is 6. The van der Waals surface area contributed by atoms with Crippen LogP contribution in [0.2, 0.25) is 0 Å². The normalized spacial score (nSPS) is 20.1. The molecule has 2 unspecified atom stereocenters. The van der Waals surface area contributed by atoms with E-state index >= 15 is 0 Å². The van der Waals surface area contributed by atoms with Gasteiger partial charge in [0.15, 0.2) is 0 Å². The molecule has 54 heavy (non-hydrogen) atoms. The third kappa shape index (κ3) is 5.31. The number of hydrogen-bond acceptors (Lipinski definition) is 2. The fraction of sp³-hybridized carbons (Fsp3) is 0.154. The molecule has 0 bridgehead atoms. The SMILES string of the molecule is C[C@@H]1C=CC2=C(C1)c1ccc(N(c3ccccc3)c3ccc(-c4ccc5c(c4)C4C=CC=CC4N5c4ccc(-c5ccccc5)cc4)cc3)cc1C2(C)C. The zero-order chi connectivity index (χ0) is 36.4. The average Bonchev–Trinajstić information content (AvgIpc) is 3.66. The first-order chi connectivity index (χ1) is 26.4. The maximum Gasteiger partial charge on any atom is 0.0629 e. The molecule has 0 saturated heterocycles. The van der Waals surface area contributed by atoms with Gasteiger partial charge in [-0.3, -0.25) is 0 Å². The molecule has 0 N–H and O–H groups in total. The van der Waals surface area contributed by atoms with Crippen LogP contribution >= 0.6 is 0 Å². The second kappa shape index (κ2) is 12.8. The van der Waals surface area contributed by atoms with Gasteiger partial charge in [0.1, 0.15) is 0 Å². The fourth-order valence-electron chi connectivity index (χ4n) is 9.39. The van der Waals surface area contributed by atoms with Gasteiger partial charge in [-0.1, -0.05) is 142 Å². The highest BCUT2D eigenvalue weighted by molar-refractivity contribution is 5.87. The highest BCUT2D eigenvalue weighted by Crippen LogP contribution is 2.53. The number of fused-ring (bicyclic) bond motifs is 5. The lowest BCUT2D eigenvalue weighted by molar-refractivity contribution is 0.643. The average molecular weight is 697 g/mol. The van der Waals surface area contributed by atoms with E-state index in [2.05, 4.69) is 213 Å². The van der Waals surface area contributed by atoms with Crippen molar-refractivity contribution in [2.45, 2.75) is 44.6 Å². The minimum Gasteiger partial charge on any atom is -0.333 e. The molecule has 0 aromatic heterocycles. The van der Waals surface area contributed by atoms with E-state index in [1.807, 2.05) is 0 Å². The molecule has 3 aliphatic carbocycles. The molecule has 0 spiro atoms. The molecule has 0 saturated carbocycles. The number of para-hydroxylation sites is 1. The van der Waals surface area contributed by atoms with Crippen LogP contribution in [0, 0.1) is 5.92 Å². The van der Waals surface area contributed by atoms with E-state index < -0.39 is 0 Å². The van der Waals surface area contributed by atoms with E-state index in [1.54, 1.807) is 0 Å². The molecule has 2 heteroatoms. The van der Waals surface area contributed by atoms with Gasteiger partial charge >= 0.3 is 0 Å². The summed E-state index contributed by atoms with van der Waals surface area (Å²) in [5.41, 5.74) is 18.1. The van der Waals surface area contributed by atoms with Crippen molar-refractivity contribution < 1.29 is 0 Å². The van der Waals surface area contributed by atoms with E-state index in [0.29, 0.717) is 11.8 Å². The predicted molar refractivity (Wildman–Crippen MR) is 228 cm³/mol. The molecule has 4 aliphatic rings. The smallest absolute Gasteiger partial charge is 0.0629 e. The molecule has 0 amide bonds. The third-order valence-electron chi connectivity index (χ3n) is 12.2. The second-order valence-corrected chi connectivity index (χ2v) is 15.8.